The second-order valence-corrected chi connectivity index (χ2v) is 8.82. The molecular formula is C27H27ClN4O2. The highest BCUT2D eigenvalue weighted by Crippen LogP contribution is 2.33. The van der Waals surface area contributed by atoms with E-state index in [2.05, 4.69) is 4.98 Å². The molecule has 1 amide bonds. The molecule has 1 aromatic heterocycles. The Morgan fingerprint density at radius 3 is 2.38 bits per heavy atom. The lowest BCUT2D eigenvalue weighted by Gasteiger charge is -2.19. The van der Waals surface area contributed by atoms with E-state index in [0.717, 1.165) is 22.2 Å². The zero-order valence-electron chi connectivity index (χ0n) is 19.4. The van der Waals surface area contributed by atoms with Crippen molar-refractivity contribution in [1.82, 2.24) is 9.88 Å². The van der Waals surface area contributed by atoms with Gasteiger partial charge < -0.3 is 19.9 Å². The van der Waals surface area contributed by atoms with Gasteiger partial charge in [-0.3, -0.25) is 4.79 Å². The molecule has 4 rings (SSSR count). The standard InChI is InChI=1S/C27H27ClN4O2/c1-31(2)16-15-24(33)32(3)21-12-10-20(11-13-21)29-26(18-7-5-4-6-8-18)25-22-14-9-19(28)17-23(22)30-27(25)34/h4-14,17,30,34H,15-16H2,1-3H3. The summed E-state index contributed by atoms with van der Waals surface area (Å²) in [5, 5.41) is 12.2. The molecule has 0 saturated carbocycles. The normalized spacial score (nSPS) is 11.9. The molecular weight excluding hydrogens is 448 g/mol. The predicted octanol–water partition coefficient (Wildman–Crippen LogP) is 5.61. The SMILES string of the molecule is CN(C)CCC(=O)N(C)c1ccc(N=C(c2ccccc2)c2c(O)[nH]c3cc(Cl)ccc23)cc1. The molecule has 0 aliphatic heterocycles. The highest BCUT2D eigenvalue weighted by atomic mass is 35.5. The molecule has 34 heavy (non-hydrogen) atoms. The number of H-pyrrole nitrogens is 1. The van der Waals surface area contributed by atoms with Crippen LogP contribution in [0.3, 0.4) is 0 Å². The number of nitrogens with one attached hydrogen (secondary N) is 1. The minimum absolute atomic E-state index is 0.0303. The van der Waals surface area contributed by atoms with E-state index in [0.29, 0.717) is 35.0 Å². The van der Waals surface area contributed by atoms with Gasteiger partial charge in [-0.05, 0) is 50.5 Å². The van der Waals surface area contributed by atoms with Gasteiger partial charge in [0.2, 0.25) is 5.91 Å². The number of aromatic nitrogens is 1. The summed E-state index contributed by atoms with van der Waals surface area (Å²) >= 11 is 6.14. The first-order valence-corrected chi connectivity index (χ1v) is 11.4. The Labute approximate surface area is 204 Å². The Balaban J connectivity index is 1.72. The molecule has 0 unspecified atom stereocenters. The summed E-state index contributed by atoms with van der Waals surface area (Å²) in [6, 6.07) is 22.7. The summed E-state index contributed by atoms with van der Waals surface area (Å²) in [6.45, 7) is 0.700. The van der Waals surface area contributed by atoms with Crippen molar-refractivity contribution in [2.24, 2.45) is 4.99 Å². The lowest BCUT2D eigenvalue weighted by Crippen LogP contribution is -2.29. The fourth-order valence-corrected chi connectivity index (χ4v) is 3.94. The molecule has 2 N–H and O–H groups in total. The van der Waals surface area contributed by atoms with Gasteiger partial charge in [-0.2, -0.15) is 0 Å². The second-order valence-electron chi connectivity index (χ2n) is 8.39. The maximum Gasteiger partial charge on any atom is 0.228 e. The molecule has 0 bridgehead atoms. The van der Waals surface area contributed by atoms with E-state index in [1.807, 2.05) is 79.7 Å². The Morgan fingerprint density at radius 1 is 1.00 bits per heavy atom. The van der Waals surface area contributed by atoms with Gasteiger partial charge in [-0.25, -0.2) is 4.99 Å². The van der Waals surface area contributed by atoms with Crippen molar-refractivity contribution in [3.63, 3.8) is 0 Å². The van der Waals surface area contributed by atoms with Gasteiger partial charge in [0.25, 0.3) is 0 Å². The number of aromatic amines is 1. The third kappa shape index (κ3) is 5.14. The summed E-state index contributed by atoms with van der Waals surface area (Å²) < 4.78 is 0. The van der Waals surface area contributed by atoms with E-state index in [1.54, 1.807) is 24.1 Å². The largest absolute Gasteiger partial charge is 0.494 e. The summed E-state index contributed by atoms with van der Waals surface area (Å²) in [5.74, 6) is 0.0833. The van der Waals surface area contributed by atoms with E-state index in [1.165, 1.54) is 0 Å². The van der Waals surface area contributed by atoms with Gasteiger partial charge in [0.1, 0.15) is 0 Å². The number of carbonyl (C=O) groups is 1. The number of benzene rings is 3. The summed E-state index contributed by atoms with van der Waals surface area (Å²) in [5.41, 5.74) is 4.35. The van der Waals surface area contributed by atoms with Crippen molar-refractivity contribution in [3.8, 4) is 5.88 Å². The molecule has 1 heterocycles. The summed E-state index contributed by atoms with van der Waals surface area (Å²) in [4.78, 5) is 24.0. The minimum Gasteiger partial charge on any atom is -0.494 e. The van der Waals surface area contributed by atoms with Crippen molar-refractivity contribution >= 4 is 45.5 Å². The number of anilines is 1. The number of fused-ring (bicyclic) bond motifs is 1. The van der Waals surface area contributed by atoms with Gasteiger partial charge in [0, 0.05) is 41.7 Å². The van der Waals surface area contributed by atoms with E-state index in [-0.39, 0.29) is 11.8 Å². The average molecular weight is 475 g/mol. The lowest BCUT2D eigenvalue weighted by molar-refractivity contribution is -0.118. The van der Waals surface area contributed by atoms with Crippen LogP contribution < -0.4 is 4.90 Å². The van der Waals surface area contributed by atoms with Gasteiger partial charge in [-0.15, -0.1) is 0 Å². The van der Waals surface area contributed by atoms with Crippen molar-refractivity contribution in [1.29, 1.82) is 0 Å². The second kappa shape index (κ2) is 10.1. The minimum atomic E-state index is 0.0303. The van der Waals surface area contributed by atoms with E-state index >= 15 is 0 Å². The Bertz CT molecular complexity index is 1330. The first-order valence-electron chi connectivity index (χ1n) is 11.0. The highest BCUT2D eigenvalue weighted by molar-refractivity contribution is 6.31. The first kappa shape index (κ1) is 23.5. The number of carbonyl (C=O) groups excluding carboxylic acids is 1. The van der Waals surface area contributed by atoms with Crippen molar-refractivity contribution in [2.75, 3.05) is 32.6 Å². The van der Waals surface area contributed by atoms with Crippen LogP contribution in [-0.4, -0.2) is 54.3 Å². The maximum atomic E-state index is 12.5. The maximum absolute atomic E-state index is 12.5. The highest BCUT2D eigenvalue weighted by Gasteiger charge is 2.19. The number of aromatic hydroxyl groups is 1. The first-order chi connectivity index (χ1) is 16.3. The van der Waals surface area contributed by atoms with Crippen molar-refractivity contribution in [3.05, 3.63) is 88.9 Å². The molecule has 174 valence electrons. The Morgan fingerprint density at radius 2 is 1.71 bits per heavy atom. The zero-order chi connectivity index (χ0) is 24.2. The topological polar surface area (TPSA) is 71.9 Å². The lowest BCUT2D eigenvalue weighted by atomic mass is 10.0. The van der Waals surface area contributed by atoms with E-state index < -0.39 is 0 Å². The number of hydrogen-bond acceptors (Lipinski definition) is 4. The fourth-order valence-electron chi connectivity index (χ4n) is 3.77. The van der Waals surface area contributed by atoms with Crippen LogP contribution in [0, 0.1) is 0 Å². The molecule has 6 nitrogen and oxygen atoms in total. The van der Waals surface area contributed by atoms with Gasteiger partial charge in [-0.1, -0.05) is 48.0 Å². The molecule has 0 atom stereocenters. The quantitative estimate of drug-likeness (QED) is 0.342. The van der Waals surface area contributed by atoms with E-state index in [9.17, 15) is 9.90 Å². The van der Waals surface area contributed by atoms with Gasteiger partial charge in [0.05, 0.1) is 22.5 Å². The molecule has 0 aliphatic carbocycles. The summed E-state index contributed by atoms with van der Waals surface area (Å²) in [6.07, 6.45) is 0.450. The Hall–Kier alpha value is -3.61. The molecule has 0 aliphatic rings. The van der Waals surface area contributed by atoms with Crippen LogP contribution in [0.1, 0.15) is 17.5 Å². The number of rotatable bonds is 7. The number of hydrogen-bond donors (Lipinski definition) is 2. The van der Waals surface area contributed by atoms with E-state index in [4.69, 9.17) is 16.6 Å². The monoisotopic (exact) mass is 474 g/mol. The van der Waals surface area contributed by atoms with Crippen LogP contribution in [0.2, 0.25) is 5.02 Å². The van der Waals surface area contributed by atoms with Crippen LogP contribution in [0.5, 0.6) is 5.88 Å². The number of aliphatic imine (C=N–C) groups is 1. The number of amides is 1. The molecule has 3 aromatic carbocycles. The number of halogens is 1. The average Bonchev–Trinajstić information content (AvgIpc) is 3.15. The Kier molecular flexibility index (Phi) is 7.01. The van der Waals surface area contributed by atoms with Crippen LogP contribution in [-0.2, 0) is 4.79 Å². The van der Waals surface area contributed by atoms with Crippen molar-refractivity contribution < 1.29 is 9.90 Å². The van der Waals surface area contributed by atoms with Gasteiger partial charge >= 0.3 is 0 Å². The molecule has 0 fully saturated rings. The predicted molar refractivity (Wildman–Crippen MR) is 140 cm³/mol. The van der Waals surface area contributed by atoms with Crippen LogP contribution in [0.25, 0.3) is 10.9 Å². The third-order valence-corrected chi connectivity index (χ3v) is 5.88. The molecule has 0 spiro atoms. The van der Waals surface area contributed by atoms with Crippen molar-refractivity contribution in [2.45, 2.75) is 6.42 Å². The molecule has 0 radical (unpaired) electrons. The smallest absolute Gasteiger partial charge is 0.228 e. The third-order valence-electron chi connectivity index (χ3n) is 5.65. The molecule has 4 aromatic rings. The molecule has 0 saturated heterocycles. The zero-order valence-corrected chi connectivity index (χ0v) is 20.2. The summed E-state index contributed by atoms with van der Waals surface area (Å²) in [7, 11) is 5.68. The molecule has 7 heteroatoms. The van der Waals surface area contributed by atoms with Crippen LogP contribution >= 0.6 is 11.6 Å². The number of nitrogens with zero attached hydrogens (tertiary/aromatic N) is 3. The van der Waals surface area contributed by atoms with Gasteiger partial charge in [0.15, 0.2) is 5.88 Å². The van der Waals surface area contributed by atoms with Crippen LogP contribution in [0.15, 0.2) is 77.8 Å². The fraction of sp³-hybridized carbons (Fsp3) is 0.185. The van der Waals surface area contributed by atoms with Crippen LogP contribution in [0.4, 0.5) is 11.4 Å².